The van der Waals surface area contributed by atoms with Gasteiger partial charge in [-0.15, -0.1) is 0 Å². The van der Waals surface area contributed by atoms with Crippen LogP contribution in [0, 0.1) is 21.8 Å². The lowest BCUT2D eigenvalue weighted by atomic mass is 10.2. The Bertz CT molecular complexity index is 673. The van der Waals surface area contributed by atoms with Crippen molar-refractivity contribution in [2.24, 2.45) is 5.10 Å². The number of hydrogen-bond acceptors (Lipinski definition) is 5. The van der Waals surface area contributed by atoms with Gasteiger partial charge in [0.25, 0.3) is 5.69 Å². The molecule has 0 saturated carbocycles. The summed E-state index contributed by atoms with van der Waals surface area (Å²) >= 11 is 4.97. The number of aryl methyl sites for hydroxylation is 1. The van der Waals surface area contributed by atoms with Gasteiger partial charge in [-0.2, -0.15) is 14.9 Å². The average molecular weight is 263 g/mol. The van der Waals surface area contributed by atoms with E-state index in [1.165, 1.54) is 17.0 Å². The van der Waals surface area contributed by atoms with Crippen LogP contribution in [0.15, 0.2) is 29.4 Å². The molecule has 0 aliphatic heterocycles. The van der Waals surface area contributed by atoms with E-state index < -0.39 is 4.92 Å². The molecule has 0 bridgehead atoms. The number of nitrogens with zero attached hydrogens (tertiary/aromatic N) is 4. The fourth-order valence-electron chi connectivity index (χ4n) is 1.39. The van der Waals surface area contributed by atoms with Gasteiger partial charge in [0.2, 0.25) is 4.77 Å². The van der Waals surface area contributed by atoms with Gasteiger partial charge < -0.3 is 0 Å². The van der Waals surface area contributed by atoms with Crippen LogP contribution in [0.1, 0.15) is 11.4 Å². The summed E-state index contributed by atoms with van der Waals surface area (Å²) in [5.41, 5.74) is 0.402. The highest BCUT2D eigenvalue weighted by molar-refractivity contribution is 7.71. The molecule has 7 nitrogen and oxygen atoms in total. The van der Waals surface area contributed by atoms with E-state index in [0.29, 0.717) is 16.2 Å². The van der Waals surface area contributed by atoms with Crippen molar-refractivity contribution < 1.29 is 4.92 Å². The molecule has 0 atom stereocenters. The number of nitro benzene ring substituents is 1. The molecule has 8 heteroatoms. The molecule has 0 unspecified atom stereocenters. The maximum Gasteiger partial charge on any atom is 0.278 e. The maximum absolute atomic E-state index is 10.8. The van der Waals surface area contributed by atoms with Crippen LogP contribution in [0.3, 0.4) is 0 Å². The van der Waals surface area contributed by atoms with Crippen LogP contribution in [0.4, 0.5) is 5.69 Å². The third-order valence-electron chi connectivity index (χ3n) is 2.26. The Morgan fingerprint density at radius 3 is 2.89 bits per heavy atom. The van der Waals surface area contributed by atoms with Crippen molar-refractivity contribution in [3.8, 4) is 0 Å². The molecular weight excluding hydrogens is 254 g/mol. The lowest BCUT2D eigenvalue weighted by molar-refractivity contribution is -0.385. The zero-order valence-electron chi connectivity index (χ0n) is 9.40. The second-order valence-corrected chi connectivity index (χ2v) is 3.83. The standard InChI is InChI=1S/C10H9N5O2S/c1-7-12-13-10(18)14(7)11-6-8-4-2-3-5-9(8)15(16)17/h2-6H,1H3,(H,13,18)/b11-6-. The number of H-pyrrole nitrogens is 1. The minimum Gasteiger partial charge on any atom is -0.258 e. The molecule has 0 saturated heterocycles. The molecule has 0 amide bonds. The summed E-state index contributed by atoms with van der Waals surface area (Å²) in [6, 6.07) is 6.34. The van der Waals surface area contributed by atoms with Gasteiger partial charge in [0.15, 0.2) is 0 Å². The van der Waals surface area contributed by atoms with E-state index in [9.17, 15) is 10.1 Å². The van der Waals surface area contributed by atoms with Crippen molar-refractivity contribution in [3.05, 3.63) is 50.5 Å². The van der Waals surface area contributed by atoms with Gasteiger partial charge in [0.1, 0.15) is 5.82 Å². The third kappa shape index (κ3) is 2.33. The number of hydrogen-bond donors (Lipinski definition) is 1. The number of para-hydroxylation sites is 1. The predicted octanol–water partition coefficient (Wildman–Crippen LogP) is 2.04. The Labute approximate surface area is 107 Å². The Hall–Kier alpha value is -2.35. The van der Waals surface area contributed by atoms with Crippen LogP contribution in [0.25, 0.3) is 0 Å². The Kier molecular flexibility index (Phi) is 3.28. The van der Waals surface area contributed by atoms with E-state index >= 15 is 0 Å². The molecule has 1 heterocycles. The average Bonchev–Trinajstić information content (AvgIpc) is 2.67. The number of nitro groups is 1. The summed E-state index contributed by atoms with van der Waals surface area (Å²) in [6.07, 6.45) is 1.39. The van der Waals surface area contributed by atoms with Gasteiger partial charge >= 0.3 is 0 Å². The summed E-state index contributed by atoms with van der Waals surface area (Å²) in [6.45, 7) is 1.73. The second-order valence-electron chi connectivity index (χ2n) is 3.45. The summed E-state index contributed by atoms with van der Waals surface area (Å²) in [5.74, 6) is 0.579. The summed E-state index contributed by atoms with van der Waals surface area (Å²) in [4.78, 5) is 10.4. The molecular formula is C10H9N5O2S. The van der Waals surface area contributed by atoms with Crippen molar-refractivity contribution in [2.75, 3.05) is 0 Å². The predicted molar refractivity (Wildman–Crippen MR) is 68.2 cm³/mol. The lowest BCUT2D eigenvalue weighted by Crippen LogP contribution is -1.97. The fraction of sp³-hybridized carbons (Fsp3) is 0.100. The molecule has 0 aliphatic rings. The first kappa shape index (κ1) is 12.1. The molecule has 0 fully saturated rings. The highest BCUT2D eigenvalue weighted by Crippen LogP contribution is 2.15. The van der Waals surface area contributed by atoms with Crippen molar-refractivity contribution in [3.63, 3.8) is 0 Å². The lowest BCUT2D eigenvalue weighted by Gasteiger charge is -1.97. The molecule has 0 spiro atoms. The number of nitrogens with one attached hydrogen (secondary N) is 1. The van der Waals surface area contributed by atoms with E-state index in [2.05, 4.69) is 15.3 Å². The topological polar surface area (TPSA) is 89.1 Å². The van der Waals surface area contributed by atoms with E-state index in [4.69, 9.17) is 12.2 Å². The maximum atomic E-state index is 10.8. The van der Waals surface area contributed by atoms with Crippen molar-refractivity contribution in [1.82, 2.24) is 14.9 Å². The number of benzene rings is 1. The highest BCUT2D eigenvalue weighted by atomic mass is 32.1. The fourth-order valence-corrected chi connectivity index (χ4v) is 1.61. The third-order valence-corrected chi connectivity index (χ3v) is 2.52. The molecule has 18 heavy (non-hydrogen) atoms. The first-order valence-corrected chi connectivity index (χ1v) is 5.42. The molecule has 0 radical (unpaired) electrons. The van der Waals surface area contributed by atoms with Crippen LogP contribution >= 0.6 is 12.2 Å². The molecule has 1 N–H and O–H groups in total. The summed E-state index contributed by atoms with van der Waals surface area (Å²) in [5, 5.41) is 21.3. The van der Waals surface area contributed by atoms with Crippen LogP contribution in [0.2, 0.25) is 0 Å². The van der Waals surface area contributed by atoms with Gasteiger partial charge in [0, 0.05) is 6.07 Å². The highest BCUT2D eigenvalue weighted by Gasteiger charge is 2.10. The largest absolute Gasteiger partial charge is 0.278 e. The van der Waals surface area contributed by atoms with Crippen molar-refractivity contribution in [2.45, 2.75) is 6.92 Å². The van der Waals surface area contributed by atoms with E-state index in [-0.39, 0.29) is 5.69 Å². The zero-order valence-corrected chi connectivity index (χ0v) is 10.2. The van der Waals surface area contributed by atoms with Gasteiger partial charge in [-0.3, -0.25) is 15.2 Å². The summed E-state index contributed by atoms with van der Waals surface area (Å²) < 4.78 is 1.73. The molecule has 0 aliphatic carbocycles. The molecule has 92 valence electrons. The van der Waals surface area contributed by atoms with Gasteiger partial charge in [-0.25, -0.2) is 0 Å². The number of aromatic amines is 1. The molecule has 1 aromatic heterocycles. The van der Waals surface area contributed by atoms with E-state index in [1.807, 2.05) is 0 Å². The van der Waals surface area contributed by atoms with Crippen LogP contribution < -0.4 is 0 Å². The SMILES string of the molecule is Cc1n[nH]c(=S)n1/N=C\c1ccccc1[N+](=O)[O-]. The van der Waals surface area contributed by atoms with E-state index in [0.717, 1.165) is 0 Å². The summed E-state index contributed by atoms with van der Waals surface area (Å²) in [7, 11) is 0. The van der Waals surface area contributed by atoms with Crippen LogP contribution in [-0.4, -0.2) is 26.0 Å². The Balaban J connectivity index is 2.41. The van der Waals surface area contributed by atoms with Crippen LogP contribution in [-0.2, 0) is 0 Å². The minimum atomic E-state index is -0.456. The molecule has 2 rings (SSSR count). The van der Waals surface area contributed by atoms with E-state index in [1.54, 1.807) is 25.1 Å². The monoisotopic (exact) mass is 263 g/mol. The zero-order chi connectivity index (χ0) is 13.1. The van der Waals surface area contributed by atoms with Gasteiger partial charge in [0.05, 0.1) is 16.7 Å². The first-order chi connectivity index (χ1) is 8.59. The Morgan fingerprint density at radius 1 is 1.56 bits per heavy atom. The van der Waals surface area contributed by atoms with Crippen LogP contribution in [0.5, 0.6) is 0 Å². The normalized spacial score (nSPS) is 10.9. The minimum absolute atomic E-state index is 0.00563. The second kappa shape index (κ2) is 4.88. The van der Waals surface area contributed by atoms with Crippen molar-refractivity contribution >= 4 is 24.1 Å². The van der Waals surface area contributed by atoms with Crippen molar-refractivity contribution in [1.29, 1.82) is 0 Å². The van der Waals surface area contributed by atoms with Gasteiger partial charge in [-0.05, 0) is 25.2 Å². The number of aromatic nitrogens is 3. The Morgan fingerprint density at radius 2 is 2.28 bits per heavy atom. The number of rotatable bonds is 3. The first-order valence-electron chi connectivity index (χ1n) is 5.01. The molecule has 1 aromatic carbocycles. The smallest absolute Gasteiger partial charge is 0.258 e. The van der Waals surface area contributed by atoms with Gasteiger partial charge in [-0.1, -0.05) is 12.1 Å². The molecule has 2 aromatic rings. The quantitative estimate of drug-likeness (QED) is 0.397.